The van der Waals surface area contributed by atoms with Crippen LogP contribution in [0.3, 0.4) is 0 Å². The predicted molar refractivity (Wildman–Crippen MR) is 63.4 cm³/mol. The van der Waals surface area contributed by atoms with Gasteiger partial charge < -0.3 is 10.6 Å². The Morgan fingerprint density at radius 3 is 2.40 bits per heavy atom. The van der Waals surface area contributed by atoms with E-state index >= 15 is 0 Å². The van der Waals surface area contributed by atoms with Gasteiger partial charge in [0.05, 0.1) is 6.04 Å². The smallest absolute Gasteiger partial charge is 0.237 e. The maximum atomic E-state index is 11.6. The SMILES string of the molecule is C#CCC(C)NC(C)C(=O)NC(C)CC. The van der Waals surface area contributed by atoms with Crippen molar-refractivity contribution in [3.63, 3.8) is 0 Å². The zero-order valence-corrected chi connectivity index (χ0v) is 10.1. The van der Waals surface area contributed by atoms with Gasteiger partial charge in [-0.25, -0.2) is 0 Å². The normalized spacial score (nSPS) is 16.2. The lowest BCUT2D eigenvalue weighted by Crippen LogP contribution is -2.47. The number of rotatable bonds is 6. The summed E-state index contributed by atoms with van der Waals surface area (Å²) in [6, 6.07) is 0.208. The van der Waals surface area contributed by atoms with E-state index in [0.29, 0.717) is 6.42 Å². The zero-order chi connectivity index (χ0) is 11.8. The van der Waals surface area contributed by atoms with Gasteiger partial charge in [-0.1, -0.05) is 6.92 Å². The first kappa shape index (κ1) is 14.0. The van der Waals surface area contributed by atoms with E-state index in [1.54, 1.807) is 0 Å². The highest BCUT2D eigenvalue weighted by Gasteiger charge is 2.15. The zero-order valence-electron chi connectivity index (χ0n) is 10.1. The van der Waals surface area contributed by atoms with Gasteiger partial charge in [0, 0.05) is 18.5 Å². The van der Waals surface area contributed by atoms with Crippen molar-refractivity contribution >= 4 is 5.91 Å². The van der Waals surface area contributed by atoms with Crippen molar-refractivity contribution in [3.05, 3.63) is 0 Å². The van der Waals surface area contributed by atoms with Crippen molar-refractivity contribution in [2.75, 3.05) is 0 Å². The Labute approximate surface area is 93.0 Å². The molecule has 0 saturated heterocycles. The van der Waals surface area contributed by atoms with Crippen molar-refractivity contribution in [1.82, 2.24) is 10.6 Å². The molecule has 0 radical (unpaired) electrons. The minimum atomic E-state index is -0.192. The third-order valence-corrected chi connectivity index (χ3v) is 2.35. The number of hydrogen-bond acceptors (Lipinski definition) is 2. The summed E-state index contributed by atoms with van der Waals surface area (Å²) in [4.78, 5) is 11.6. The quantitative estimate of drug-likeness (QED) is 0.649. The Balaban J connectivity index is 3.94. The summed E-state index contributed by atoms with van der Waals surface area (Å²) in [6.45, 7) is 7.87. The molecule has 15 heavy (non-hydrogen) atoms. The molecule has 86 valence electrons. The largest absolute Gasteiger partial charge is 0.352 e. The minimum Gasteiger partial charge on any atom is -0.352 e. The maximum Gasteiger partial charge on any atom is 0.237 e. The second kappa shape index (κ2) is 7.30. The molecule has 0 aromatic heterocycles. The van der Waals surface area contributed by atoms with Gasteiger partial charge in [-0.2, -0.15) is 0 Å². The van der Waals surface area contributed by atoms with Crippen LogP contribution in [-0.4, -0.2) is 24.0 Å². The van der Waals surface area contributed by atoms with Crippen LogP contribution in [-0.2, 0) is 4.79 Å². The summed E-state index contributed by atoms with van der Waals surface area (Å²) in [5, 5.41) is 6.08. The minimum absolute atomic E-state index is 0.0354. The predicted octanol–water partition coefficient (Wildman–Crippen LogP) is 1.29. The fourth-order valence-electron chi connectivity index (χ4n) is 1.21. The molecular weight excluding hydrogens is 188 g/mol. The lowest BCUT2D eigenvalue weighted by atomic mass is 10.2. The lowest BCUT2D eigenvalue weighted by Gasteiger charge is -2.20. The van der Waals surface area contributed by atoms with E-state index in [-0.39, 0.29) is 24.0 Å². The highest BCUT2D eigenvalue weighted by Crippen LogP contribution is 1.94. The molecule has 0 aliphatic rings. The van der Waals surface area contributed by atoms with Crippen LogP contribution < -0.4 is 10.6 Å². The number of amides is 1. The summed E-state index contributed by atoms with van der Waals surface area (Å²) < 4.78 is 0. The highest BCUT2D eigenvalue weighted by atomic mass is 16.2. The van der Waals surface area contributed by atoms with Crippen molar-refractivity contribution in [1.29, 1.82) is 0 Å². The molecule has 0 aromatic carbocycles. The molecule has 0 saturated carbocycles. The highest BCUT2D eigenvalue weighted by molar-refractivity contribution is 5.81. The third-order valence-electron chi connectivity index (χ3n) is 2.35. The van der Waals surface area contributed by atoms with Crippen molar-refractivity contribution < 1.29 is 4.79 Å². The molecule has 0 rings (SSSR count). The Morgan fingerprint density at radius 1 is 1.33 bits per heavy atom. The fourth-order valence-corrected chi connectivity index (χ4v) is 1.21. The number of carbonyl (C=O) groups is 1. The maximum absolute atomic E-state index is 11.6. The van der Waals surface area contributed by atoms with Crippen LogP contribution in [0.25, 0.3) is 0 Å². The van der Waals surface area contributed by atoms with Gasteiger partial charge >= 0.3 is 0 Å². The number of terminal acetylenes is 1. The van der Waals surface area contributed by atoms with Gasteiger partial charge in [0.15, 0.2) is 0 Å². The standard InChI is InChI=1S/C12H22N2O/c1-6-8-10(4)13-11(5)12(15)14-9(3)7-2/h1,9-11,13H,7-8H2,2-5H3,(H,14,15). The summed E-state index contributed by atoms with van der Waals surface area (Å²) in [5.41, 5.74) is 0. The van der Waals surface area contributed by atoms with Gasteiger partial charge in [-0.3, -0.25) is 4.79 Å². The molecule has 0 bridgehead atoms. The van der Waals surface area contributed by atoms with Crippen LogP contribution >= 0.6 is 0 Å². The van der Waals surface area contributed by atoms with E-state index in [2.05, 4.69) is 16.6 Å². The number of carbonyl (C=O) groups excluding carboxylic acids is 1. The first-order valence-corrected chi connectivity index (χ1v) is 5.51. The second-order valence-electron chi connectivity index (χ2n) is 4.02. The number of nitrogens with one attached hydrogen (secondary N) is 2. The molecule has 3 heteroatoms. The molecule has 0 spiro atoms. The Hall–Kier alpha value is -1.01. The summed E-state index contributed by atoms with van der Waals surface area (Å²) >= 11 is 0. The van der Waals surface area contributed by atoms with Gasteiger partial charge in [-0.05, 0) is 27.2 Å². The topological polar surface area (TPSA) is 41.1 Å². The van der Waals surface area contributed by atoms with E-state index in [9.17, 15) is 4.79 Å². The van der Waals surface area contributed by atoms with Gasteiger partial charge in [0.2, 0.25) is 5.91 Å². The van der Waals surface area contributed by atoms with Gasteiger partial charge in [-0.15, -0.1) is 12.3 Å². The van der Waals surface area contributed by atoms with Gasteiger partial charge in [0.1, 0.15) is 0 Å². The molecule has 0 fully saturated rings. The average molecular weight is 210 g/mol. The van der Waals surface area contributed by atoms with E-state index in [1.807, 2.05) is 27.7 Å². The van der Waals surface area contributed by atoms with Crippen LogP contribution in [0, 0.1) is 12.3 Å². The molecule has 0 heterocycles. The van der Waals surface area contributed by atoms with Crippen LogP contribution in [0.4, 0.5) is 0 Å². The molecule has 3 unspecified atom stereocenters. The molecule has 3 nitrogen and oxygen atoms in total. The van der Waals surface area contributed by atoms with E-state index < -0.39 is 0 Å². The Morgan fingerprint density at radius 2 is 1.93 bits per heavy atom. The lowest BCUT2D eigenvalue weighted by molar-refractivity contribution is -0.123. The Bertz CT molecular complexity index is 232. The monoisotopic (exact) mass is 210 g/mol. The molecular formula is C12H22N2O. The van der Waals surface area contributed by atoms with E-state index in [4.69, 9.17) is 6.42 Å². The van der Waals surface area contributed by atoms with Crippen molar-refractivity contribution in [2.24, 2.45) is 0 Å². The van der Waals surface area contributed by atoms with Gasteiger partial charge in [0.25, 0.3) is 0 Å². The van der Waals surface area contributed by atoms with E-state index in [0.717, 1.165) is 6.42 Å². The molecule has 0 aromatic rings. The summed E-state index contributed by atoms with van der Waals surface area (Å²) in [7, 11) is 0. The van der Waals surface area contributed by atoms with Crippen LogP contribution in [0.2, 0.25) is 0 Å². The summed E-state index contributed by atoms with van der Waals surface area (Å²) in [5.74, 6) is 2.60. The van der Waals surface area contributed by atoms with Crippen molar-refractivity contribution in [2.45, 2.75) is 58.7 Å². The molecule has 2 N–H and O–H groups in total. The number of hydrogen-bond donors (Lipinski definition) is 2. The molecule has 0 aliphatic carbocycles. The van der Waals surface area contributed by atoms with Crippen LogP contribution in [0.1, 0.15) is 40.5 Å². The fraction of sp³-hybridized carbons (Fsp3) is 0.750. The first-order valence-electron chi connectivity index (χ1n) is 5.51. The van der Waals surface area contributed by atoms with E-state index in [1.165, 1.54) is 0 Å². The van der Waals surface area contributed by atoms with Crippen molar-refractivity contribution in [3.8, 4) is 12.3 Å². The van der Waals surface area contributed by atoms with Crippen LogP contribution in [0.5, 0.6) is 0 Å². The molecule has 1 amide bonds. The second-order valence-corrected chi connectivity index (χ2v) is 4.02. The van der Waals surface area contributed by atoms with Crippen LogP contribution in [0.15, 0.2) is 0 Å². The summed E-state index contributed by atoms with van der Waals surface area (Å²) in [6.07, 6.45) is 6.78. The third kappa shape index (κ3) is 6.14. The average Bonchev–Trinajstić information content (AvgIpc) is 2.17. The molecule has 0 aliphatic heterocycles. The first-order chi connectivity index (χ1) is 7.01. The Kier molecular flexibility index (Phi) is 6.81. The molecule has 3 atom stereocenters.